The lowest BCUT2D eigenvalue weighted by atomic mass is 9.97. The summed E-state index contributed by atoms with van der Waals surface area (Å²) in [6.07, 6.45) is 3.19. The summed E-state index contributed by atoms with van der Waals surface area (Å²) in [6, 6.07) is 9.01. The molecule has 2 aromatic rings. The molecule has 0 unspecified atom stereocenters. The SMILES string of the molecule is Cc1cccc2c1CN(C(=O)C(F)(F)F)C[C@@H](CCC1CCCC1)N2Cc1cc(N)ccn1. The zero-order valence-corrected chi connectivity index (χ0v) is 18.9. The van der Waals surface area contributed by atoms with Crippen molar-refractivity contribution < 1.29 is 18.0 Å². The second kappa shape index (κ2) is 9.61. The highest BCUT2D eigenvalue weighted by atomic mass is 19.4. The van der Waals surface area contributed by atoms with Gasteiger partial charge in [-0.15, -0.1) is 0 Å². The van der Waals surface area contributed by atoms with Crippen molar-refractivity contribution in [3.05, 3.63) is 53.3 Å². The third-order valence-electron chi connectivity index (χ3n) is 7.00. The lowest BCUT2D eigenvalue weighted by Crippen LogP contribution is -2.47. The average Bonchev–Trinajstić information content (AvgIpc) is 3.23. The molecule has 1 aromatic heterocycles. The van der Waals surface area contributed by atoms with E-state index in [1.165, 1.54) is 25.7 Å². The molecule has 33 heavy (non-hydrogen) atoms. The van der Waals surface area contributed by atoms with Crippen LogP contribution >= 0.6 is 0 Å². The fourth-order valence-electron chi connectivity index (χ4n) is 5.25. The van der Waals surface area contributed by atoms with Crippen LogP contribution < -0.4 is 10.6 Å². The van der Waals surface area contributed by atoms with Crippen LogP contribution in [0.25, 0.3) is 0 Å². The van der Waals surface area contributed by atoms with E-state index in [9.17, 15) is 18.0 Å². The normalized spacial score (nSPS) is 19.5. The number of nitrogen functional groups attached to an aromatic ring is 1. The molecule has 1 atom stereocenters. The maximum Gasteiger partial charge on any atom is 0.471 e. The molecule has 2 aliphatic rings. The zero-order chi connectivity index (χ0) is 23.6. The minimum Gasteiger partial charge on any atom is -0.399 e. The van der Waals surface area contributed by atoms with E-state index in [0.717, 1.165) is 40.2 Å². The van der Waals surface area contributed by atoms with Crippen LogP contribution in [0.2, 0.25) is 0 Å². The Hall–Kier alpha value is -2.77. The highest BCUT2D eigenvalue weighted by Gasteiger charge is 2.44. The van der Waals surface area contributed by atoms with Gasteiger partial charge in [0.2, 0.25) is 0 Å². The quantitative estimate of drug-likeness (QED) is 0.664. The van der Waals surface area contributed by atoms with Gasteiger partial charge in [-0.05, 0) is 55.0 Å². The van der Waals surface area contributed by atoms with Crippen molar-refractivity contribution in [2.24, 2.45) is 5.92 Å². The van der Waals surface area contributed by atoms with Crippen molar-refractivity contribution in [1.82, 2.24) is 9.88 Å². The van der Waals surface area contributed by atoms with Crippen LogP contribution in [0, 0.1) is 12.8 Å². The molecular formula is C25H31F3N4O. The molecule has 0 spiro atoms. The van der Waals surface area contributed by atoms with Crippen molar-refractivity contribution in [1.29, 1.82) is 0 Å². The number of nitrogens with zero attached hydrogens (tertiary/aromatic N) is 3. The molecule has 1 aromatic carbocycles. The fourth-order valence-corrected chi connectivity index (χ4v) is 5.25. The van der Waals surface area contributed by atoms with Gasteiger partial charge in [-0.25, -0.2) is 0 Å². The summed E-state index contributed by atoms with van der Waals surface area (Å²) >= 11 is 0. The minimum absolute atomic E-state index is 0.0293. The zero-order valence-electron chi connectivity index (χ0n) is 18.9. The van der Waals surface area contributed by atoms with E-state index in [1.54, 1.807) is 18.3 Å². The van der Waals surface area contributed by atoms with E-state index in [0.29, 0.717) is 18.2 Å². The van der Waals surface area contributed by atoms with E-state index < -0.39 is 12.1 Å². The van der Waals surface area contributed by atoms with Gasteiger partial charge in [-0.1, -0.05) is 37.8 Å². The van der Waals surface area contributed by atoms with E-state index in [-0.39, 0.29) is 19.1 Å². The van der Waals surface area contributed by atoms with Gasteiger partial charge >= 0.3 is 12.1 Å². The first kappa shape index (κ1) is 23.4. The lowest BCUT2D eigenvalue weighted by molar-refractivity contribution is -0.186. The predicted molar refractivity (Wildman–Crippen MR) is 122 cm³/mol. The number of amides is 1. The van der Waals surface area contributed by atoms with Gasteiger partial charge < -0.3 is 15.5 Å². The maximum atomic E-state index is 13.5. The fraction of sp³-hybridized carbons (Fsp3) is 0.520. The van der Waals surface area contributed by atoms with Crippen molar-refractivity contribution in [3.8, 4) is 0 Å². The number of pyridine rings is 1. The number of rotatable bonds is 5. The highest BCUT2D eigenvalue weighted by molar-refractivity contribution is 5.82. The standard InChI is InChI=1S/C25H31F3N4O/c1-17-5-4-8-23-22(17)16-31(24(33)25(26,27)28)15-21(10-9-18-6-2-3-7-18)32(23)14-20-13-19(29)11-12-30-20/h4-5,8,11-13,18,21H,2-3,6-7,9-10,14-16H2,1H3,(H2,29,30)/t21-/m1/s1. The highest BCUT2D eigenvalue weighted by Crippen LogP contribution is 2.36. The third kappa shape index (κ3) is 5.42. The Morgan fingerprint density at radius 3 is 2.64 bits per heavy atom. The first-order valence-electron chi connectivity index (χ1n) is 11.6. The molecule has 1 saturated carbocycles. The minimum atomic E-state index is -4.90. The van der Waals surface area contributed by atoms with Crippen molar-refractivity contribution in [3.63, 3.8) is 0 Å². The summed E-state index contributed by atoms with van der Waals surface area (Å²) < 4.78 is 40.4. The van der Waals surface area contributed by atoms with Crippen molar-refractivity contribution >= 4 is 17.3 Å². The Bertz CT molecular complexity index is 988. The van der Waals surface area contributed by atoms with Gasteiger partial charge in [-0.3, -0.25) is 9.78 Å². The summed E-state index contributed by atoms with van der Waals surface area (Å²) in [5, 5.41) is 0. The van der Waals surface area contributed by atoms with Gasteiger partial charge in [0.1, 0.15) is 0 Å². The number of hydrogen-bond acceptors (Lipinski definition) is 4. The molecule has 1 amide bonds. The lowest BCUT2D eigenvalue weighted by Gasteiger charge is -2.35. The van der Waals surface area contributed by atoms with Crippen LogP contribution in [-0.2, 0) is 17.9 Å². The Balaban J connectivity index is 1.72. The summed E-state index contributed by atoms with van der Waals surface area (Å²) in [5.41, 5.74) is 9.80. The molecule has 1 aliphatic carbocycles. The Labute approximate surface area is 192 Å². The summed E-state index contributed by atoms with van der Waals surface area (Å²) in [5.74, 6) is -1.17. The van der Waals surface area contributed by atoms with Crippen LogP contribution in [0.4, 0.5) is 24.5 Å². The molecule has 178 valence electrons. The van der Waals surface area contributed by atoms with E-state index in [1.807, 2.05) is 25.1 Å². The first-order valence-corrected chi connectivity index (χ1v) is 11.6. The molecule has 0 radical (unpaired) electrons. The van der Waals surface area contributed by atoms with E-state index in [4.69, 9.17) is 5.73 Å². The second-order valence-electron chi connectivity index (χ2n) is 9.35. The maximum absolute atomic E-state index is 13.5. The molecule has 1 aliphatic heterocycles. The van der Waals surface area contributed by atoms with Gasteiger partial charge in [0.05, 0.1) is 12.2 Å². The van der Waals surface area contributed by atoms with Gasteiger partial charge in [0.15, 0.2) is 0 Å². The number of anilines is 2. The summed E-state index contributed by atoms with van der Waals surface area (Å²) in [4.78, 5) is 19.9. The number of benzene rings is 1. The molecule has 0 saturated heterocycles. The predicted octanol–water partition coefficient (Wildman–Crippen LogP) is 5.22. The van der Waals surface area contributed by atoms with Gasteiger partial charge in [-0.2, -0.15) is 13.2 Å². The Morgan fingerprint density at radius 2 is 1.94 bits per heavy atom. The number of aromatic nitrogens is 1. The van der Waals surface area contributed by atoms with E-state index >= 15 is 0 Å². The first-order chi connectivity index (χ1) is 15.7. The molecule has 1 fully saturated rings. The Kier molecular flexibility index (Phi) is 6.81. The van der Waals surface area contributed by atoms with Crippen molar-refractivity contribution in [2.45, 2.75) is 70.8 Å². The largest absolute Gasteiger partial charge is 0.471 e. The number of nitrogens with two attached hydrogens (primary N) is 1. The molecule has 0 bridgehead atoms. The molecule has 4 rings (SSSR count). The Morgan fingerprint density at radius 1 is 1.18 bits per heavy atom. The topological polar surface area (TPSA) is 62.5 Å². The number of aryl methyl sites for hydroxylation is 1. The number of carbonyl (C=O) groups is 1. The average molecular weight is 461 g/mol. The molecule has 2 heterocycles. The summed E-state index contributed by atoms with van der Waals surface area (Å²) in [6.45, 7) is 2.28. The van der Waals surface area contributed by atoms with Crippen LogP contribution in [0.15, 0.2) is 36.5 Å². The molecular weight excluding hydrogens is 429 g/mol. The number of halogens is 3. The van der Waals surface area contributed by atoms with Gasteiger partial charge in [0.25, 0.3) is 0 Å². The summed E-state index contributed by atoms with van der Waals surface area (Å²) in [7, 11) is 0. The smallest absolute Gasteiger partial charge is 0.399 e. The van der Waals surface area contributed by atoms with Crippen LogP contribution in [0.1, 0.15) is 55.3 Å². The third-order valence-corrected chi connectivity index (χ3v) is 7.00. The van der Waals surface area contributed by atoms with E-state index in [2.05, 4.69) is 9.88 Å². The second-order valence-corrected chi connectivity index (χ2v) is 9.35. The number of alkyl halides is 3. The molecule has 2 N–H and O–H groups in total. The van der Waals surface area contributed by atoms with Crippen LogP contribution in [-0.4, -0.2) is 34.6 Å². The molecule has 8 heteroatoms. The monoisotopic (exact) mass is 460 g/mol. The van der Waals surface area contributed by atoms with Crippen LogP contribution in [0.3, 0.4) is 0 Å². The van der Waals surface area contributed by atoms with Gasteiger partial charge in [0, 0.05) is 36.7 Å². The van der Waals surface area contributed by atoms with Crippen LogP contribution in [0.5, 0.6) is 0 Å². The molecule has 5 nitrogen and oxygen atoms in total. The number of fused-ring (bicyclic) bond motifs is 1. The van der Waals surface area contributed by atoms with Crippen molar-refractivity contribution in [2.75, 3.05) is 17.2 Å². The number of hydrogen-bond donors (Lipinski definition) is 1. The number of carbonyl (C=O) groups excluding carboxylic acids is 1.